The largest absolute Gasteiger partial charge is 0.298 e. The Morgan fingerprint density at radius 3 is 1.39 bits per heavy atom. The third kappa shape index (κ3) is 2.88. The van der Waals surface area contributed by atoms with Gasteiger partial charge in [-0.05, 0) is 13.8 Å². The second-order valence-electron chi connectivity index (χ2n) is 3.76. The Morgan fingerprint density at radius 2 is 1.17 bits per heavy atom. The third-order valence-corrected chi connectivity index (χ3v) is 2.87. The standard InChI is InChI=1S/C10H10Cl2N2O4/c1-5(15)3-13-9(17)7(11)8(12)10(18)14(13)4-6(2)16/h3-4H2,1-2H3. The molecular formula is C10H10Cl2N2O4. The predicted octanol–water partition coefficient (Wildman–Crippen LogP) is 0.495. The van der Waals surface area contributed by atoms with Gasteiger partial charge in [-0.2, -0.15) is 0 Å². The van der Waals surface area contributed by atoms with Crippen LogP contribution in [-0.4, -0.2) is 20.9 Å². The van der Waals surface area contributed by atoms with Crippen molar-refractivity contribution < 1.29 is 9.59 Å². The van der Waals surface area contributed by atoms with Crippen molar-refractivity contribution in [2.45, 2.75) is 26.9 Å². The van der Waals surface area contributed by atoms with Gasteiger partial charge in [0.15, 0.2) is 11.6 Å². The van der Waals surface area contributed by atoms with Crippen LogP contribution < -0.4 is 11.1 Å². The second kappa shape index (κ2) is 5.49. The summed E-state index contributed by atoms with van der Waals surface area (Å²) >= 11 is 11.2. The fourth-order valence-corrected chi connectivity index (χ4v) is 1.73. The first-order chi connectivity index (χ1) is 8.25. The van der Waals surface area contributed by atoms with Crippen LogP contribution in [0.4, 0.5) is 0 Å². The molecular weight excluding hydrogens is 283 g/mol. The van der Waals surface area contributed by atoms with Crippen LogP contribution >= 0.6 is 23.2 Å². The average Bonchev–Trinajstić information content (AvgIpc) is 2.27. The topological polar surface area (TPSA) is 78.1 Å². The first-order valence-corrected chi connectivity index (χ1v) is 5.69. The van der Waals surface area contributed by atoms with E-state index in [1.807, 2.05) is 0 Å². The van der Waals surface area contributed by atoms with Gasteiger partial charge in [0.25, 0.3) is 11.1 Å². The van der Waals surface area contributed by atoms with Crippen molar-refractivity contribution >= 4 is 34.8 Å². The fourth-order valence-electron chi connectivity index (χ4n) is 1.37. The van der Waals surface area contributed by atoms with Crippen LogP contribution in [0.3, 0.4) is 0 Å². The van der Waals surface area contributed by atoms with Gasteiger partial charge in [0.2, 0.25) is 0 Å². The number of nitrogens with zero attached hydrogens (tertiary/aromatic N) is 2. The first-order valence-electron chi connectivity index (χ1n) is 4.93. The van der Waals surface area contributed by atoms with E-state index in [9.17, 15) is 19.2 Å². The van der Waals surface area contributed by atoms with E-state index in [1.54, 1.807) is 0 Å². The Labute approximate surface area is 112 Å². The van der Waals surface area contributed by atoms with Crippen molar-refractivity contribution in [3.05, 3.63) is 30.8 Å². The molecule has 0 saturated heterocycles. The third-order valence-electron chi connectivity index (χ3n) is 2.07. The number of Topliss-reactive ketones (excluding diaryl/α,β-unsaturated/α-hetero) is 2. The maximum absolute atomic E-state index is 11.8. The lowest BCUT2D eigenvalue weighted by Crippen LogP contribution is -2.41. The van der Waals surface area contributed by atoms with Crippen molar-refractivity contribution in [2.24, 2.45) is 0 Å². The van der Waals surface area contributed by atoms with Gasteiger partial charge in [-0.25, -0.2) is 9.36 Å². The monoisotopic (exact) mass is 292 g/mol. The van der Waals surface area contributed by atoms with Crippen molar-refractivity contribution in [2.75, 3.05) is 0 Å². The minimum absolute atomic E-state index is 0.349. The summed E-state index contributed by atoms with van der Waals surface area (Å²) in [4.78, 5) is 45.8. The summed E-state index contributed by atoms with van der Waals surface area (Å²) in [5.74, 6) is -0.709. The van der Waals surface area contributed by atoms with Crippen LogP contribution in [0.25, 0.3) is 0 Å². The summed E-state index contributed by atoms with van der Waals surface area (Å²) in [6.07, 6.45) is 0. The number of hydrogen-bond acceptors (Lipinski definition) is 4. The molecule has 0 fully saturated rings. The van der Waals surface area contributed by atoms with E-state index in [2.05, 4.69) is 0 Å². The van der Waals surface area contributed by atoms with Gasteiger partial charge in [0.1, 0.15) is 23.1 Å². The number of ketones is 2. The number of carbonyl (C=O) groups excluding carboxylic acids is 2. The molecule has 0 unspecified atom stereocenters. The molecule has 0 aliphatic carbocycles. The quantitative estimate of drug-likeness (QED) is 0.809. The van der Waals surface area contributed by atoms with E-state index in [0.29, 0.717) is 0 Å². The molecule has 0 amide bonds. The van der Waals surface area contributed by atoms with Crippen LogP contribution in [0.1, 0.15) is 13.8 Å². The van der Waals surface area contributed by atoms with Crippen LogP contribution in [-0.2, 0) is 22.7 Å². The number of halogens is 2. The highest BCUT2D eigenvalue weighted by Gasteiger charge is 2.17. The molecule has 0 spiro atoms. The smallest absolute Gasteiger partial charge is 0.286 e. The average molecular weight is 293 g/mol. The van der Waals surface area contributed by atoms with Crippen molar-refractivity contribution in [3.8, 4) is 0 Å². The Hall–Kier alpha value is -1.40. The number of carbonyl (C=O) groups is 2. The minimum Gasteiger partial charge on any atom is -0.298 e. The maximum Gasteiger partial charge on any atom is 0.286 e. The van der Waals surface area contributed by atoms with Crippen molar-refractivity contribution in [1.29, 1.82) is 0 Å². The highest BCUT2D eigenvalue weighted by atomic mass is 35.5. The fraction of sp³-hybridized carbons (Fsp3) is 0.400. The molecule has 1 heterocycles. The van der Waals surface area contributed by atoms with Gasteiger partial charge in [0.05, 0.1) is 0 Å². The van der Waals surface area contributed by atoms with E-state index in [4.69, 9.17) is 23.2 Å². The zero-order chi connectivity index (χ0) is 14.0. The molecule has 0 aliphatic rings. The van der Waals surface area contributed by atoms with Crippen LogP contribution in [0.5, 0.6) is 0 Å². The molecule has 1 rings (SSSR count). The normalized spacial score (nSPS) is 10.4. The van der Waals surface area contributed by atoms with E-state index in [1.165, 1.54) is 13.8 Å². The molecule has 98 valence electrons. The predicted molar refractivity (Wildman–Crippen MR) is 66.3 cm³/mol. The summed E-state index contributed by atoms with van der Waals surface area (Å²) in [6, 6.07) is 0. The summed E-state index contributed by atoms with van der Waals surface area (Å²) in [5, 5.41) is -0.912. The number of aromatic nitrogens is 2. The SMILES string of the molecule is CC(=O)Cn1c(=O)c(Cl)c(Cl)c(=O)n1CC(C)=O. The molecule has 6 nitrogen and oxygen atoms in total. The van der Waals surface area contributed by atoms with Gasteiger partial charge in [-0.15, -0.1) is 0 Å². The number of hydrogen-bond donors (Lipinski definition) is 0. The minimum atomic E-state index is -0.780. The molecule has 18 heavy (non-hydrogen) atoms. The lowest BCUT2D eigenvalue weighted by Gasteiger charge is -2.14. The molecule has 0 radical (unpaired) electrons. The maximum atomic E-state index is 11.8. The number of rotatable bonds is 4. The molecule has 0 bridgehead atoms. The van der Waals surface area contributed by atoms with Gasteiger partial charge in [-0.3, -0.25) is 19.2 Å². The van der Waals surface area contributed by atoms with Gasteiger partial charge in [0, 0.05) is 0 Å². The highest BCUT2D eigenvalue weighted by molar-refractivity contribution is 6.41. The zero-order valence-corrected chi connectivity index (χ0v) is 11.2. The molecule has 1 aromatic rings. The van der Waals surface area contributed by atoms with Crippen molar-refractivity contribution in [1.82, 2.24) is 9.36 Å². The molecule has 0 N–H and O–H groups in total. The molecule has 0 aromatic carbocycles. The highest BCUT2D eigenvalue weighted by Crippen LogP contribution is 2.11. The lowest BCUT2D eigenvalue weighted by molar-refractivity contribution is -0.120. The lowest BCUT2D eigenvalue weighted by atomic mass is 10.4. The van der Waals surface area contributed by atoms with E-state index < -0.39 is 21.2 Å². The molecule has 8 heteroatoms. The molecule has 0 atom stereocenters. The van der Waals surface area contributed by atoms with Gasteiger partial charge in [-0.1, -0.05) is 23.2 Å². The van der Waals surface area contributed by atoms with Crippen LogP contribution in [0, 0.1) is 0 Å². The molecule has 0 saturated carbocycles. The Morgan fingerprint density at radius 1 is 0.889 bits per heavy atom. The van der Waals surface area contributed by atoms with Crippen LogP contribution in [0.15, 0.2) is 9.59 Å². The second-order valence-corrected chi connectivity index (χ2v) is 4.51. The van der Waals surface area contributed by atoms with Crippen molar-refractivity contribution in [3.63, 3.8) is 0 Å². The van der Waals surface area contributed by atoms with E-state index in [0.717, 1.165) is 9.36 Å². The first kappa shape index (κ1) is 14.7. The van der Waals surface area contributed by atoms with Gasteiger partial charge >= 0.3 is 0 Å². The Bertz CT molecular complexity index is 575. The van der Waals surface area contributed by atoms with E-state index >= 15 is 0 Å². The Kier molecular flexibility index (Phi) is 4.48. The van der Waals surface area contributed by atoms with E-state index in [-0.39, 0.29) is 24.7 Å². The van der Waals surface area contributed by atoms with Gasteiger partial charge < -0.3 is 0 Å². The Balaban J connectivity index is 3.64. The summed E-state index contributed by atoms with van der Waals surface area (Å²) < 4.78 is 1.64. The molecule has 1 aromatic heterocycles. The summed E-state index contributed by atoms with van der Waals surface area (Å²) in [7, 11) is 0. The summed E-state index contributed by atoms with van der Waals surface area (Å²) in [5.41, 5.74) is -1.56. The van der Waals surface area contributed by atoms with Crippen LogP contribution in [0.2, 0.25) is 10.0 Å². The zero-order valence-electron chi connectivity index (χ0n) is 9.70. The summed E-state index contributed by atoms with van der Waals surface area (Å²) in [6.45, 7) is 1.80. The molecule has 0 aliphatic heterocycles.